The van der Waals surface area contributed by atoms with Gasteiger partial charge in [-0.25, -0.2) is 12.2 Å². The van der Waals surface area contributed by atoms with E-state index in [-0.39, 0.29) is 32.2 Å². The summed E-state index contributed by atoms with van der Waals surface area (Å²) in [5, 5.41) is 5.39. The van der Waals surface area contributed by atoms with Crippen LogP contribution in [0.2, 0.25) is 0 Å². The maximum absolute atomic E-state index is 3.39. The van der Waals surface area contributed by atoms with Crippen molar-refractivity contribution in [3.05, 3.63) is 123 Å². The summed E-state index contributed by atoms with van der Waals surface area (Å²) in [6.07, 6.45) is 10.0. The molecule has 0 radical (unpaired) electrons. The van der Waals surface area contributed by atoms with Crippen LogP contribution >= 0.6 is 0 Å². The number of rotatable bonds is 0. The van der Waals surface area contributed by atoms with Crippen molar-refractivity contribution in [3.63, 3.8) is 0 Å². The Morgan fingerprint density at radius 2 is 1.28 bits per heavy atom. The number of benzene rings is 3. The molecule has 0 heterocycles. The maximum Gasteiger partial charge on any atom is -0.0771 e. The number of hydrogen-bond acceptors (Lipinski definition) is 0. The van der Waals surface area contributed by atoms with Crippen LogP contribution < -0.4 is 24.8 Å². The predicted molar refractivity (Wildman–Crippen MR) is 117 cm³/mol. The topological polar surface area (TPSA) is 0 Å². The fraction of sp³-hybridized carbons (Fsp3) is 0.0385. The molecular formula is C26H24Cl2Hf-4. The molecule has 150 valence electrons. The van der Waals surface area contributed by atoms with Crippen LogP contribution in [0.1, 0.15) is 6.42 Å². The van der Waals surface area contributed by atoms with Gasteiger partial charge in [-0.2, -0.15) is 42.5 Å². The zero-order chi connectivity index (χ0) is 18.5. The van der Waals surface area contributed by atoms with Gasteiger partial charge in [0.2, 0.25) is 0 Å². The Balaban J connectivity index is 0. The minimum atomic E-state index is 0. The molecule has 5 rings (SSSR count). The third-order valence-corrected chi connectivity index (χ3v) is 3.72. The summed E-state index contributed by atoms with van der Waals surface area (Å²) in [6, 6.07) is 31.8. The van der Waals surface area contributed by atoms with Gasteiger partial charge < -0.3 is 32.2 Å². The Bertz CT molecular complexity index is 869. The van der Waals surface area contributed by atoms with E-state index in [1.165, 1.54) is 21.5 Å². The van der Waals surface area contributed by atoms with Crippen molar-refractivity contribution in [2.45, 2.75) is 6.42 Å². The van der Waals surface area contributed by atoms with Gasteiger partial charge in [0.1, 0.15) is 0 Å². The van der Waals surface area contributed by atoms with Crippen molar-refractivity contribution in [1.82, 2.24) is 0 Å². The Hall–Kier alpha value is -1.67. The van der Waals surface area contributed by atoms with Gasteiger partial charge in [-0.3, -0.25) is 6.08 Å². The molecule has 0 saturated carbocycles. The van der Waals surface area contributed by atoms with Crippen LogP contribution in [0.5, 0.6) is 0 Å². The second-order valence-corrected chi connectivity index (χ2v) is 5.40. The summed E-state index contributed by atoms with van der Waals surface area (Å²) in [7, 11) is 0. The minimum absolute atomic E-state index is 0. The van der Waals surface area contributed by atoms with Crippen LogP contribution in [0.3, 0.4) is 0 Å². The van der Waals surface area contributed by atoms with E-state index in [4.69, 9.17) is 0 Å². The average Bonchev–Trinajstić information content (AvgIpc) is 3.43. The Labute approximate surface area is 202 Å². The number of halogens is 2. The van der Waals surface area contributed by atoms with Crippen LogP contribution in [-0.4, -0.2) is 4.26 Å². The first-order chi connectivity index (χ1) is 12.9. The van der Waals surface area contributed by atoms with Crippen molar-refractivity contribution in [2.75, 3.05) is 0 Å². The molecule has 0 amide bonds. The van der Waals surface area contributed by atoms with Gasteiger partial charge >= 0.3 is 28.2 Å². The standard InChI is InChI=1S/C13H9.C6H5.C5H5.CH3.CH2.2ClH.Hf/c1-3-7-12-10(5-1)9-11-6-2-4-8-13(11)12;1-2-4-6-5-3-1;1-2-4-5-3-1;;;;;/h1-9H;1-5H;1-3H,4H2;1H3;1H2;2*1H;/q4*-1;;;;+2/p-2. The minimum Gasteiger partial charge on any atom is -1.00 e. The van der Waals surface area contributed by atoms with Gasteiger partial charge in [0.25, 0.3) is 0 Å². The summed E-state index contributed by atoms with van der Waals surface area (Å²) in [4.78, 5) is 0. The number of allylic oxidation sites excluding steroid dienone is 4. The quantitative estimate of drug-likeness (QED) is 0.213. The van der Waals surface area contributed by atoms with Gasteiger partial charge in [-0.1, -0.05) is 36.4 Å². The van der Waals surface area contributed by atoms with Crippen molar-refractivity contribution >= 4 is 25.8 Å². The largest absolute Gasteiger partial charge is 1.00 e. The molecule has 0 unspecified atom stereocenters. The molecule has 1 aliphatic carbocycles. The molecule has 0 aliphatic heterocycles. The summed E-state index contributed by atoms with van der Waals surface area (Å²) in [5.74, 6) is 0. The number of fused-ring (bicyclic) bond motifs is 3. The van der Waals surface area contributed by atoms with Crippen LogP contribution in [0.4, 0.5) is 0 Å². The predicted octanol–water partition coefficient (Wildman–Crippen LogP) is 0.928. The van der Waals surface area contributed by atoms with E-state index in [0.29, 0.717) is 0 Å². The van der Waals surface area contributed by atoms with Gasteiger partial charge in [-0.15, -0.1) is 46.2 Å². The molecule has 0 nitrogen and oxygen atoms in total. The van der Waals surface area contributed by atoms with Crippen molar-refractivity contribution in [3.8, 4) is 0 Å². The SMILES string of the molecule is [C-]1=CC=CC1.[CH2]=[Hf+2].[CH3-].[Cl-].[Cl-].[c-]1ccccc1.c1ccc2c(c1)[cH-]c1ccccc12. The van der Waals surface area contributed by atoms with Gasteiger partial charge in [0, 0.05) is 0 Å². The molecule has 0 aromatic heterocycles. The molecule has 0 spiro atoms. The van der Waals surface area contributed by atoms with Crippen LogP contribution in [0.15, 0.2) is 103 Å². The monoisotopic (exact) mass is 586 g/mol. The van der Waals surface area contributed by atoms with E-state index in [1.807, 2.05) is 42.5 Å². The molecule has 29 heavy (non-hydrogen) atoms. The molecule has 4 aromatic rings. The second-order valence-electron chi connectivity index (χ2n) is 5.40. The summed E-state index contributed by atoms with van der Waals surface area (Å²) in [5.41, 5.74) is 0. The average molecular weight is 586 g/mol. The fourth-order valence-corrected chi connectivity index (χ4v) is 2.59. The van der Waals surface area contributed by atoms with Crippen LogP contribution in [0.25, 0.3) is 21.5 Å². The summed E-state index contributed by atoms with van der Waals surface area (Å²) in [6.45, 7) is 0. The maximum atomic E-state index is 3.39. The zero-order valence-electron chi connectivity index (χ0n) is 16.5. The summed E-state index contributed by atoms with van der Waals surface area (Å²) < 4.78 is 3.39. The van der Waals surface area contributed by atoms with Crippen molar-refractivity contribution < 1.29 is 48.7 Å². The van der Waals surface area contributed by atoms with Gasteiger partial charge in [0.05, 0.1) is 0 Å². The molecule has 0 atom stereocenters. The summed E-state index contributed by atoms with van der Waals surface area (Å²) >= 11 is 1.06. The number of hydrogen-bond donors (Lipinski definition) is 0. The second kappa shape index (κ2) is 18.4. The van der Waals surface area contributed by atoms with Crippen LogP contribution in [0, 0.1) is 19.6 Å². The molecule has 0 saturated heterocycles. The third kappa shape index (κ3) is 10.1. The molecule has 1 aliphatic rings. The molecule has 4 aromatic carbocycles. The third-order valence-electron chi connectivity index (χ3n) is 3.72. The van der Waals surface area contributed by atoms with E-state index in [0.717, 1.165) is 30.3 Å². The smallest absolute Gasteiger partial charge is 0.0771 e. The van der Waals surface area contributed by atoms with Crippen molar-refractivity contribution in [2.24, 2.45) is 0 Å². The van der Waals surface area contributed by atoms with E-state index >= 15 is 0 Å². The Morgan fingerprint density at radius 1 is 0.759 bits per heavy atom. The van der Waals surface area contributed by atoms with Gasteiger partial charge in [-0.05, 0) is 0 Å². The zero-order valence-corrected chi connectivity index (χ0v) is 21.6. The normalized spacial score (nSPS) is 9.86. The molecular weight excluding hydrogens is 562 g/mol. The molecule has 3 heteroatoms. The first-order valence-corrected chi connectivity index (χ1v) is 11.0. The Morgan fingerprint density at radius 3 is 1.59 bits per heavy atom. The van der Waals surface area contributed by atoms with E-state index in [1.54, 1.807) is 0 Å². The van der Waals surface area contributed by atoms with E-state index in [9.17, 15) is 0 Å². The molecule has 0 bridgehead atoms. The fourth-order valence-electron chi connectivity index (χ4n) is 2.59. The Kier molecular flexibility index (Phi) is 18.7. The van der Waals surface area contributed by atoms with E-state index < -0.39 is 0 Å². The van der Waals surface area contributed by atoms with E-state index in [2.05, 4.69) is 77.1 Å². The van der Waals surface area contributed by atoms with Gasteiger partial charge in [0.15, 0.2) is 0 Å². The first kappa shape index (κ1) is 29.5. The molecule has 0 fully saturated rings. The first-order valence-electron chi connectivity index (χ1n) is 8.46. The molecule has 0 N–H and O–H groups in total. The van der Waals surface area contributed by atoms with Crippen LogP contribution in [-0.2, 0) is 23.9 Å². The van der Waals surface area contributed by atoms with Crippen molar-refractivity contribution in [1.29, 1.82) is 0 Å².